The summed E-state index contributed by atoms with van der Waals surface area (Å²) >= 11 is 0. The van der Waals surface area contributed by atoms with Gasteiger partial charge in [-0.3, -0.25) is 0 Å². The maximum absolute atomic E-state index is 13.7. The maximum Gasteiger partial charge on any atom is 0.246 e. The molecule has 2 rings (SSSR count). The van der Waals surface area contributed by atoms with Crippen molar-refractivity contribution in [2.24, 2.45) is 0 Å². The molecule has 0 aliphatic heterocycles. The number of sulfonamides is 1. The van der Waals surface area contributed by atoms with E-state index < -0.39 is 26.6 Å². The van der Waals surface area contributed by atoms with E-state index >= 15 is 0 Å². The smallest absolute Gasteiger partial charge is 0.246 e. The van der Waals surface area contributed by atoms with E-state index in [0.717, 1.165) is 36.1 Å². The number of nitrogen functional groups attached to an aromatic ring is 1. The molecule has 0 radical (unpaired) electrons. The van der Waals surface area contributed by atoms with Gasteiger partial charge in [-0.2, -0.15) is 4.31 Å². The first-order chi connectivity index (χ1) is 8.84. The Balaban J connectivity index is 2.41. The third kappa shape index (κ3) is 2.57. The summed E-state index contributed by atoms with van der Waals surface area (Å²) in [4.78, 5) is -0.569. The van der Waals surface area contributed by atoms with Crippen molar-refractivity contribution >= 4 is 15.7 Å². The molecule has 1 aliphatic rings. The number of anilines is 1. The Kier molecular flexibility index (Phi) is 3.78. The Labute approximate surface area is 111 Å². The van der Waals surface area contributed by atoms with Crippen LogP contribution in [-0.2, 0) is 10.0 Å². The minimum absolute atomic E-state index is 0.129. The zero-order valence-corrected chi connectivity index (χ0v) is 11.4. The molecule has 4 nitrogen and oxygen atoms in total. The maximum atomic E-state index is 13.7. The molecule has 0 bridgehead atoms. The SMILES string of the molecule is CN(C1CCCC1)S(=O)(=O)c1cc(N)c(F)cc1F. The van der Waals surface area contributed by atoms with Crippen LogP contribution in [0.25, 0.3) is 0 Å². The zero-order chi connectivity index (χ0) is 14.2. The van der Waals surface area contributed by atoms with Gasteiger partial charge in [0.05, 0.1) is 5.69 Å². The summed E-state index contributed by atoms with van der Waals surface area (Å²) in [7, 11) is -2.56. The summed E-state index contributed by atoms with van der Waals surface area (Å²) in [6.45, 7) is 0. The predicted octanol–water partition coefficient (Wildman–Crippen LogP) is 2.11. The average Bonchev–Trinajstić information content (AvgIpc) is 2.86. The van der Waals surface area contributed by atoms with Crippen LogP contribution in [0.2, 0.25) is 0 Å². The van der Waals surface area contributed by atoms with Gasteiger partial charge in [0.1, 0.15) is 16.5 Å². The number of benzene rings is 1. The first-order valence-corrected chi connectivity index (χ1v) is 7.50. The highest BCUT2D eigenvalue weighted by molar-refractivity contribution is 7.89. The first-order valence-electron chi connectivity index (χ1n) is 6.06. The Bertz CT molecular complexity index is 584. The van der Waals surface area contributed by atoms with Crippen LogP contribution in [-0.4, -0.2) is 25.8 Å². The van der Waals surface area contributed by atoms with Crippen LogP contribution in [0.4, 0.5) is 14.5 Å². The summed E-state index contributed by atoms with van der Waals surface area (Å²) in [6.07, 6.45) is 3.43. The highest BCUT2D eigenvalue weighted by atomic mass is 32.2. The van der Waals surface area contributed by atoms with Gasteiger partial charge < -0.3 is 5.73 Å². The highest BCUT2D eigenvalue weighted by Gasteiger charge is 2.32. The van der Waals surface area contributed by atoms with Crippen LogP contribution in [0.5, 0.6) is 0 Å². The molecule has 0 unspecified atom stereocenters. The van der Waals surface area contributed by atoms with Gasteiger partial charge in [0, 0.05) is 19.2 Å². The average molecular weight is 290 g/mol. The molecule has 7 heteroatoms. The van der Waals surface area contributed by atoms with E-state index in [-0.39, 0.29) is 11.7 Å². The molecule has 0 saturated heterocycles. The molecular weight excluding hydrogens is 274 g/mol. The number of hydrogen-bond acceptors (Lipinski definition) is 3. The van der Waals surface area contributed by atoms with Crippen LogP contribution < -0.4 is 5.73 Å². The number of nitrogens with zero attached hydrogens (tertiary/aromatic N) is 1. The molecule has 2 N–H and O–H groups in total. The van der Waals surface area contributed by atoms with E-state index in [1.54, 1.807) is 0 Å². The van der Waals surface area contributed by atoms with Gasteiger partial charge in [-0.25, -0.2) is 17.2 Å². The molecule has 1 fully saturated rings. The van der Waals surface area contributed by atoms with Gasteiger partial charge in [0.15, 0.2) is 0 Å². The molecule has 1 aliphatic carbocycles. The number of nitrogens with two attached hydrogens (primary N) is 1. The summed E-state index contributed by atoms with van der Waals surface area (Å²) in [5, 5.41) is 0. The lowest BCUT2D eigenvalue weighted by Gasteiger charge is -2.24. The highest BCUT2D eigenvalue weighted by Crippen LogP contribution is 2.29. The molecule has 1 aromatic rings. The number of rotatable bonds is 3. The van der Waals surface area contributed by atoms with Crippen LogP contribution in [0.3, 0.4) is 0 Å². The van der Waals surface area contributed by atoms with Gasteiger partial charge in [0.25, 0.3) is 0 Å². The number of halogens is 2. The van der Waals surface area contributed by atoms with E-state index in [9.17, 15) is 17.2 Å². The van der Waals surface area contributed by atoms with Gasteiger partial charge in [-0.15, -0.1) is 0 Å². The Morgan fingerprint density at radius 3 is 2.37 bits per heavy atom. The van der Waals surface area contributed by atoms with Crippen molar-refractivity contribution in [3.8, 4) is 0 Å². The summed E-state index contributed by atoms with van der Waals surface area (Å²) < 4.78 is 52.5. The van der Waals surface area contributed by atoms with Crippen LogP contribution in [0.15, 0.2) is 17.0 Å². The third-order valence-electron chi connectivity index (χ3n) is 3.55. The quantitative estimate of drug-likeness (QED) is 0.867. The second kappa shape index (κ2) is 5.05. The standard InChI is InChI=1S/C12H16F2N2O2S/c1-16(8-4-2-3-5-8)19(17,18)12-7-11(15)9(13)6-10(12)14/h6-8H,2-5,15H2,1H3. The second-order valence-electron chi connectivity index (χ2n) is 4.76. The van der Waals surface area contributed by atoms with E-state index in [0.29, 0.717) is 6.07 Å². The van der Waals surface area contributed by atoms with Crippen molar-refractivity contribution < 1.29 is 17.2 Å². The minimum Gasteiger partial charge on any atom is -0.396 e. The van der Waals surface area contributed by atoms with Gasteiger partial charge in [-0.1, -0.05) is 12.8 Å². The second-order valence-corrected chi connectivity index (χ2v) is 6.73. The van der Waals surface area contributed by atoms with Crippen molar-refractivity contribution in [2.75, 3.05) is 12.8 Å². The van der Waals surface area contributed by atoms with Crippen molar-refractivity contribution in [3.05, 3.63) is 23.8 Å². The van der Waals surface area contributed by atoms with E-state index in [1.807, 2.05) is 0 Å². The first kappa shape index (κ1) is 14.2. The molecule has 19 heavy (non-hydrogen) atoms. The topological polar surface area (TPSA) is 63.4 Å². The molecule has 0 heterocycles. The Morgan fingerprint density at radius 2 is 1.79 bits per heavy atom. The largest absolute Gasteiger partial charge is 0.396 e. The summed E-state index contributed by atoms with van der Waals surface area (Å²) in [6, 6.07) is 1.21. The Morgan fingerprint density at radius 1 is 1.21 bits per heavy atom. The van der Waals surface area contributed by atoms with Gasteiger partial charge in [-0.05, 0) is 18.9 Å². The fourth-order valence-electron chi connectivity index (χ4n) is 2.36. The predicted molar refractivity (Wildman–Crippen MR) is 68.0 cm³/mol. The normalized spacial score (nSPS) is 17.3. The number of hydrogen-bond donors (Lipinski definition) is 1. The molecule has 106 valence electrons. The van der Waals surface area contributed by atoms with Crippen molar-refractivity contribution in [3.63, 3.8) is 0 Å². The fourth-order valence-corrected chi connectivity index (χ4v) is 3.86. The Hall–Kier alpha value is -1.21. The van der Waals surface area contributed by atoms with Crippen molar-refractivity contribution in [1.29, 1.82) is 0 Å². The van der Waals surface area contributed by atoms with Gasteiger partial charge >= 0.3 is 0 Å². The van der Waals surface area contributed by atoms with Crippen molar-refractivity contribution in [2.45, 2.75) is 36.6 Å². The molecular formula is C12H16F2N2O2S. The van der Waals surface area contributed by atoms with Crippen LogP contribution in [0.1, 0.15) is 25.7 Å². The van der Waals surface area contributed by atoms with E-state index in [1.165, 1.54) is 7.05 Å². The van der Waals surface area contributed by atoms with Crippen LogP contribution >= 0.6 is 0 Å². The molecule has 0 amide bonds. The summed E-state index contributed by atoms with van der Waals surface area (Å²) in [5.41, 5.74) is 4.94. The third-order valence-corrected chi connectivity index (χ3v) is 5.47. The van der Waals surface area contributed by atoms with Crippen LogP contribution in [0, 0.1) is 11.6 Å². The lowest BCUT2D eigenvalue weighted by Crippen LogP contribution is -2.35. The minimum atomic E-state index is -3.98. The fraction of sp³-hybridized carbons (Fsp3) is 0.500. The molecule has 1 aromatic carbocycles. The van der Waals surface area contributed by atoms with Crippen molar-refractivity contribution in [1.82, 2.24) is 4.31 Å². The molecule has 0 atom stereocenters. The lowest BCUT2D eigenvalue weighted by atomic mass is 10.3. The monoisotopic (exact) mass is 290 g/mol. The summed E-state index contributed by atoms with van der Waals surface area (Å²) in [5.74, 6) is -2.07. The van der Waals surface area contributed by atoms with E-state index in [4.69, 9.17) is 5.73 Å². The molecule has 1 saturated carbocycles. The molecule has 0 aromatic heterocycles. The molecule has 0 spiro atoms. The van der Waals surface area contributed by atoms with Gasteiger partial charge in [0.2, 0.25) is 10.0 Å². The lowest BCUT2D eigenvalue weighted by molar-refractivity contribution is 0.370. The van der Waals surface area contributed by atoms with E-state index in [2.05, 4.69) is 0 Å². The zero-order valence-electron chi connectivity index (χ0n) is 10.6.